The normalized spacial score (nSPS) is 36.8. The molecule has 8 N–H and O–H groups in total. The van der Waals surface area contributed by atoms with Crippen LogP contribution in [-0.4, -0.2) is 147 Å². The molecule has 0 aliphatic carbocycles. The maximum Gasteiger partial charge on any atom is 0.337 e. The Balaban J connectivity index is 1.42. The zero-order valence-corrected chi connectivity index (χ0v) is 26.0. The van der Waals surface area contributed by atoms with Crippen molar-refractivity contribution < 1.29 is 83.6 Å². The van der Waals surface area contributed by atoms with Gasteiger partial charge in [0.15, 0.2) is 12.6 Å². The Hall–Kier alpha value is -3.20. The number of methoxy groups -OCH3 is 1. The van der Waals surface area contributed by atoms with E-state index >= 15 is 0 Å². The Morgan fingerprint density at radius 1 is 0.875 bits per heavy atom. The van der Waals surface area contributed by atoms with Gasteiger partial charge >= 0.3 is 11.9 Å². The number of carbonyl (C=O) groups excluding carboxylic acids is 2. The van der Waals surface area contributed by atoms with Gasteiger partial charge in [0, 0.05) is 18.3 Å². The summed E-state index contributed by atoms with van der Waals surface area (Å²) in [6, 6.07) is 6.37. The van der Waals surface area contributed by atoms with Crippen LogP contribution in [0.15, 0.2) is 48.8 Å². The quantitative estimate of drug-likeness (QED) is 0.0778. The molecular formula is C31H42O17. The Morgan fingerprint density at radius 3 is 2.12 bits per heavy atom. The zero-order chi connectivity index (χ0) is 35.1. The maximum atomic E-state index is 12.9. The molecule has 1 aromatic carbocycles. The fourth-order valence-corrected chi connectivity index (χ4v) is 5.55. The molecule has 3 heterocycles. The van der Waals surface area contributed by atoms with E-state index < -0.39 is 105 Å². The Bertz CT molecular complexity index is 1250. The summed E-state index contributed by atoms with van der Waals surface area (Å²) in [7, 11) is 1.15. The van der Waals surface area contributed by atoms with Crippen molar-refractivity contribution in [3.63, 3.8) is 0 Å². The molecule has 4 rings (SSSR count). The summed E-state index contributed by atoms with van der Waals surface area (Å²) in [4.78, 5) is 25.5. The number of hydrogen-bond donors (Lipinski definition) is 8. The van der Waals surface area contributed by atoms with Gasteiger partial charge in [0.1, 0.15) is 54.6 Å². The van der Waals surface area contributed by atoms with Gasteiger partial charge in [-0.1, -0.05) is 18.2 Å². The second-order valence-corrected chi connectivity index (χ2v) is 11.5. The molecule has 13 atom stereocenters. The number of benzene rings is 1. The summed E-state index contributed by atoms with van der Waals surface area (Å²) >= 11 is 0. The molecule has 2 fully saturated rings. The standard InChI is InChI=1S/C31H42O17/c1-3-16-17(10-21(34)43-9-8-14-4-6-15(33)7-5-14)18(28(41)42-2)12-44-29(16)48-31-27(40)25(38)23(36)20(47-31)13-45-30-26(39)24(37)22(35)19(11-32)46-30/h3-7,12,16-17,19-20,22-27,29-33,35-40H,1,8-11,13H2,2H3/t16?,17-,19+,20+,22+,23+,24-,25-,26+,27+,29-,30?,31?/m0/s1. The summed E-state index contributed by atoms with van der Waals surface area (Å²) in [5.74, 6) is -3.23. The van der Waals surface area contributed by atoms with Crippen LogP contribution < -0.4 is 0 Å². The molecule has 17 nitrogen and oxygen atoms in total. The van der Waals surface area contributed by atoms with E-state index in [4.69, 9.17) is 33.2 Å². The van der Waals surface area contributed by atoms with Gasteiger partial charge in [0.2, 0.25) is 6.29 Å². The highest BCUT2D eigenvalue weighted by atomic mass is 16.8. The van der Waals surface area contributed by atoms with Gasteiger partial charge in [0.25, 0.3) is 0 Å². The molecule has 268 valence electrons. The first-order valence-corrected chi connectivity index (χ1v) is 15.2. The van der Waals surface area contributed by atoms with Gasteiger partial charge in [-0.25, -0.2) is 4.79 Å². The number of rotatable bonds is 13. The molecule has 0 amide bonds. The first-order valence-electron chi connectivity index (χ1n) is 15.2. The monoisotopic (exact) mass is 686 g/mol. The lowest BCUT2D eigenvalue weighted by Crippen LogP contribution is -2.62. The van der Waals surface area contributed by atoms with E-state index in [9.17, 15) is 50.4 Å². The van der Waals surface area contributed by atoms with Crippen LogP contribution in [0.25, 0.3) is 0 Å². The lowest BCUT2D eigenvalue weighted by atomic mass is 9.81. The van der Waals surface area contributed by atoms with Gasteiger partial charge in [-0.2, -0.15) is 0 Å². The van der Waals surface area contributed by atoms with E-state index in [1.165, 1.54) is 18.2 Å². The van der Waals surface area contributed by atoms with Gasteiger partial charge < -0.3 is 74.0 Å². The number of hydrogen-bond acceptors (Lipinski definition) is 17. The molecule has 3 unspecified atom stereocenters. The molecule has 0 aromatic heterocycles. The molecule has 3 aliphatic heterocycles. The van der Waals surface area contributed by atoms with E-state index in [1.807, 2.05) is 0 Å². The maximum absolute atomic E-state index is 12.9. The van der Waals surface area contributed by atoms with Crippen molar-refractivity contribution in [3.8, 4) is 5.75 Å². The van der Waals surface area contributed by atoms with Crippen molar-refractivity contribution in [3.05, 3.63) is 54.3 Å². The number of aliphatic hydroxyl groups excluding tert-OH is 7. The van der Waals surface area contributed by atoms with E-state index in [2.05, 4.69) is 6.58 Å². The van der Waals surface area contributed by atoms with Gasteiger partial charge in [-0.3, -0.25) is 4.79 Å². The van der Waals surface area contributed by atoms with E-state index in [-0.39, 0.29) is 24.4 Å². The van der Waals surface area contributed by atoms with Gasteiger partial charge in [0.05, 0.1) is 45.2 Å². The molecule has 48 heavy (non-hydrogen) atoms. The molecule has 3 aliphatic rings. The molecule has 0 radical (unpaired) electrons. The Kier molecular flexibility index (Phi) is 13.3. The fourth-order valence-electron chi connectivity index (χ4n) is 5.55. The molecular weight excluding hydrogens is 644 g/mol. The summed E-state index contributed by atoms with van der Waals surface area (Å²) in [5, 5.41) is 80.9. The van der Waals surface area contributed by atoms with Crippen LogP contribution in [0.5, 0.6) is 5.75 Å². The van der Waals surface area contributed by atoms with Crippen LogP contribution in [0.2, 0.25) is 0 Å². The number of esters is 2. The zero-order valence-electron chi connectivity index (χ0n) is 26.0. The summed E-state index contributed by atoms with van der Waals surface area (Å²) < 4.78 is 38.1. The molecule has 0 saturated carbocycles. The predicted molar refractivity (Wildman–Crippen MR) is 157 cm³/mol. The second-order valence-electron chi connectivity index (χ2n) is 11.5. The minimum absolute atomic E-state index is 0.0116. The average Bonchev–Trinajstić information content (AvgIpc) is 3.08. The molecule has 1 aromatic rings. The van der Waals surface area contributed by atoms with E-state index in [1.54, 1.807) is 12.1 Å². The number of phenolic OH excluding ortho intramolecular Hbond substituents is 1. The average molecular weight is 687 g/mol. The smallest absolute Gasteiger partial charge is 0.337 e. The van der Waals surface area contributed by atoms with Crippen LogP contribution in [0, 0.1) is 11.8 Å². The number of ether oxygens (including phenoxy) is 7. The molecule has 2 saturated heterocycles. The van der Waals surface area contributed by atoms with E-state index in [0.717, 1.165) is 18.9 Å². The molecule has 0 spiro atoms. The number of carbonyl (C=O) groups is 2. The topological polar surface area (TPSA) is 261 Å². The number of aromatic hydroxyl groups is 1. The van der Waals surface area contributed by atoms with Gasteiger partial charge in [-0.05, 0) is 17.7 Å². The first kappa shape index (κ1) is 37.6. The molecule has 0 bridgehead atoms. The summed E-state index contributed by atoms with van der Waals surface area (Å²) in [5.41, 5.74) is 0.790. The van der Waals surface area contributed by atoms with Crippen LogP contribution in [0.4, 0.5) is 0 Å². The number of aliphatic hydroxyl groups is 7. The first-order chi connectivity index (χ1) is 22.9. The Morgan fingerprint density at radius 2 is 1.50 bits per heavy atom. The van der Waals surface area contributed by atoms with Crippen molar-refractivity contribution in [2.24, 2.45) is 11.8 Å². The Labute approximate surface area is 275 Å². The largest absolute Gasteiger partial charge is 0.508 e. The minimum atomic E-state index is -1.83. The highest BCUT2D eigenvalue weighted by molar-refractivity contribution is 5.90. The predicted octanol–water partition coefficient (Wildman–Crippen LogP) is -2.66. The third-order valence-corrected chi connectivity index (χ3v) is 8.39. The van der Waals surface area contributed by atoms with Crippen molar-refractivity contribution in [1.29, 1.82) is 0 Å². The SMILES string of the molecule is C=CC1[C@H](OC2O[C@H](COC3O[C@H](CO)[C@@H](O)[C@H](O)[C@H]3O)[C@@H](O)[C@H](O)[C@H]2O)OC=C(C(=O)OC)[C@H]1CC(=O)OCCc1ccc(O)cc1. The van der Waals surface area contributed by atoms with Crippen LogP contribution in [0.3, 0.4) is 0 Å². The minimum Gasteiger partial charge on any atom is -0.508 e. The van der Waals surface area contributed by atoms with Crippen molar-refractivity contribution in [2.45, 2.75) is 80.5 Å². The number of phenols is 1. The van der Waals surface area contributed by atoms with Crippen molar-refractivity contribution in [2.75, 3.05) is 26.9 Å². The third kappa shape index (κ3) is 8.68. The van der Waals surface area contributed by atoms with Crippen molar-refractivity contribution in [1.82, 2.24) is 0 Å². The van der Waals surface area contributed by atoms with Gasteiger partial charge in [-0.15, -0.1) is 6.58 Å². The van der Waals surface area contributed by atoms with Crippen LogP contribution in [0.1, 0.15) is 12.0 Å². The van der Waals surface area contributed by atoms with Crippen LogP contribution >= 0.6 is 0 Å². The fraction of sp³-hybridized carbons (Fsp3) is 0.613. The van der Waals surface area contributed by atoms with Crippen molar-refractivity contribution >= 4 is 11.9 Å². The lowest BCUT2D eigenvalue weighted by molar-refractivity contribution is -0.352. The highest BCUT2D eigenvalue weighted by Crippen LogP contribution is 2.37. The summed E-state index contributed by atoms with van der Waals surface area (Å²) in [6.45, 7) is 2.49. The third-order valence-electron chi connectivity index (χ3n) is 8.39. The van der Waals surface area contributed by atoms with E-state index in [0.29, 0.717) is 6.42 Å². The highest BCUT2D eigenvalue weighted by Gasteiger charge is 2.49. The lowest BCUT2D eigenvalue weighted by Gasteiger charge is -2.44. The molecule has 17 heteroatoms. The summed E-state index contributed by atoms with van der Waals surface area (Å²) in [6.07, 6.45) is -15.4. The second kappa shape index (κ2) is 17.0. The van der Waals surface area contributed by atoms with Crippen LogP contribution in [-0.2, 0) is 49.2 Å².